The number of hydrogen-bond donors (Lipinski definition) is 2. The van der Waals surface area contributed by atoms with Gasteiger partial charge in [0.25, 0.3) is 0 Å². The molecule has 0 radical (unpaired) electrons. The van der Waals surface area contributed by atoms with Crippen molar-refractivity contribution in [2.45, 2.75) is 23.6 Å². The Morgan fingerprint density at radius 1 is 0.944 bits per heavy atom. The van der Waals surface area contributed by atoms with E-state index in [-0.39, 0.29) is 4.90 Å². The quantitative estimate of drug-likeness (QED) is 0.411. The van der Waals surface area contributed by atoms with Crippen LogP contribution < -0.4 is 16.0 Å². The second-order valence-electron chi connectivity index (χ2n) is 9.71. The van der Waals surface area contributed by atoms with Crippen LogP contribution in [0.2, 0.25) is 0 Å². The molecule has 36 heavy (non-hydrogen) atoms. The van der Waals surface area contributed by atoms with Crippen LogP contribution in [0.4, 0.5) is 17.3 Å². The van der Waals surface area contributed by atoms with Crippen molar-refractivity contribution in [2.24, 2.45) is 5.73 Å². The van der Waals surface area contributed by atoms with Crippen molar-refractivity contribution in [3.05, 3.63) is 66.7 Å². The number of aromatic nitrogens is 3. The lowest BCUT2D eigenvalue weighted by Gasteiger charge is -2.34. The van der Waals surface area contributed by atoms with Crippen LogP contribution in [0.25, 0.3) is 16.9 Å². The Balaban J connectivity index is 1.41. The highest BCUT2D eigenvalue weighted by atomic mass is 32.2. The van der Waals surface area contributed by atoms with E-state index in [9.17, 15) is 8.42 Å². The molecule has 1 saturated heterocycles. The summed E-state index contributed by atoms with van der Waals surface area (Å²) in [6.07, 6.45) is 0. The zero-order chi connectivity index (χ0) is 25.5. The van der Waals surface area contributed by atoms with Crippen LogP contribution in [0, 0.1) is 0 Å². The van der Waals surface area contributed by atoms with Crippen molar-refractivity contribution in [3.63, 3.8) is 0 Å². The fraction of sp³-hybridized carbons (Fsp3) is 0.308. The Bertz CT molecular complexity index is 1480. The van der Waals surface area contributed by atoms with E-state index in [2.05, 4.69) is 44.4 Å². The molecule has 2 aromatic heterocycles. The molecule has 1 aliphatic rings. The van der Waals surface area contributed by atoms with Gasteiger partial charge in [-0.05, 0) is 69.4 Å². The minimum absolute atomic E-state index is 0.170. The third-order valence-corrected chi connectivity index (χ3v) is 8.74. The highest BCUT2D eigenvalue weighted by Gasteiger charge is 2.31. The van der Waals surface area contributed by atoms with E-state index in [0.717, 1.165) is 37.6 Å². The predicted molar refractivity (Wildman–Crippen MR) is 143 cm³/mol. The van der Waals surface area contributed by atoms with Gasteiger partial charge in [-0.1, -0.05) is 18.2 Å². The molecule has 1 aliphatic heterocycles. The first-order valence-electron chi connectivity index (χ1n) is 11.9. The van der Waals surface area contributed by atoms with Crippen molar-refractivity contribution in [1.82, 2.24) is 19.5 Å². The Morgan fingerprint density at radius 3 is 2.33 bits per heavy atom. The fourth-order valence-corrected chi connectivity index (χ4v) is 5.40. The van der Waals surface area contributed by atoms with Crippen LogP contribution in [0.1, 0.15) is 13.8 Å². The topological polar surface area (TPSA) is 109 Å². The van der Waals surface area contributed by atoms with E-state index in [0.29, 0.717) is 17.2 Å². The van der Waals surface area contributed by atoms with Crippen molar-refractivity contribution in [2.75, 3.05) is 43.4 Å². The van der Waals surface area contributed by atoms with Gasteiger partial charge in [-0.2, -0.15) is 4.98 Å². The van der Waals surface area contributed by atoms with Crippen LogP contribution in [0.5, 0.6) is 0 Å². The van der Waals surface area contributed by atoms with Gasteiger partial charge in [0.05, 0.1) is 10.6 Å². The number of anilines is 3. The van der Waals surface area contributed by atoms with Gasteiger partial charge in [0.15, 0.2) is 15.5 Å². The van der Waals surface area contributed by atoms with Crippen molar-refractivity contribution >= 4 is 32.8 Å². The van der Waals surface area contributed by atoms with Crippen molar-refractivity contribution < 1.29 is 8.42 Å². The summed E-state index contributed by atoms with van der Waals surface area (Å²) in [6.45, 7) is 7.14. The third-order valence-electron chi connectivity index (χ3n) is 6.48. The Labute approximate surface area is 211 Å². The second-order valence-corrected chi connectivity index (χ2v) is 12.2. The maximum absolute atomic E-state index is 12.9. The summed E-state index contributed by atoms with van der Waals surface area (Å²) in [5.41, 5.74) is 10.1. The summed E-state index contributed by atoms with van der Waals surface area (Å²) >= 11 is 0. The largest absolute Gasteiger partial charge is 0.369 e. The first kappa shape index (κ1) is 24.2. The first-order valence-corrected chi connectivity index (χ1v) is 13.4. The lowest BCUT2D eigenvalue weighted by Crippen LogP contribution is -2.44. The van der Waals surface area contributed by atoms with Crippen LogP contribution in [0.15, 0.2) is 71.6 Å². The molecule has 188 valence electrons. The number of likely N-dealkylation sites (N-methyl/N-ethyl adjacent to an activating group) is 1. The van der Waals surface area contributed by atoms with Crippen molar-refractivity contribution in [3.8, 4) is 11.3 Å². The van der Waals surface area contributed by atoms with E-state index in [1.807, 2.05) is 36.4 Å². The number of fused-ring (bicyclic) bond motifs is 1. The van der Waals surface area contributed by atoms with Gasteiger partial charge in [-0.15, -0.1) is 5.10 Å². The molecular weight excluding hydrogens is 474 g/mol. The molecule has 0 aliphatic carbocycles. The second kappa shape index (κ2) is 9.20. The average Bonchev–Trinajstić information content (AvgIpc) is 3.27. The summed E-state index contributed by atoms with van der Waals surface area (Å²) in [7, 11) is -1.55. The minimum atomic E-state index is -3.70. The smallest absolute Gasteiger partial charge is 0.247 e. The molecule has 3 N–H and O–H groups in total. The van der Waals surface area contributed by atoms with Crippen LogP contribution in [0.3, 0.4) is 0 Å². The Kier molecular flexibility index (Phi) is 6.19. The Morgan fingerprint density at radius 2 is 1.64 bits per heavy atom. The maximum Gasteiger partial charge on any atom is 0.247 e. The minimum Gasteiger partial charge on any atom is -0.369 e. The number of nitrogens with two attached hydrogens (primary N) is 1. The first-order chi connectivity index (χ1) is 17.1. The van der Waals surface area contributed by atoms with Crippen molar-refractivity contribution in [1.29, 1.82) is 0 Å². The number of piperazine rings is 1. The van der Waals surface area contributed by atoms with Gasteiger partial charge in [-0.3, -0.25) is 0 Å². The Hall–Kier alpha value is -3.47. The molecule has 1 fully saturated rings. The SMILES string of the molecule is CN1CCN(c2ccc(Nc3nc4cccc(-c5cccc(S(=O)(=O)C(C)(C)N)c5)n4n3)cc2)CC1. The highest BCUT2D eigenvalue weighted by molar-refractivity contribution is 7.92. The molecule has 0 unspecified atom stereocenters. The zero-order valence-corrected chi connectivity index (χ0v) is 21.5. The molecule has 4 aromatic rings. The molecule has 0 saturated carbocycles. The summed E-state index contributed by atoms with van der Waals surface area (Å²) in [5, 5.41) is 7.93. The van der Waals surface area contributed by atoms with Crippen LogP contribution in [-0.2, 0) is 9.84 Å². The molecule has 0 bridgehead atoms. The lowest BCUT2D eigenvalue weighted by atomic mass is 10.1. The van der Waals surface area contributed by atoms with Gasteiger partial charge < -0.3 is 20.9 Å². The molecule has 5 rings (SSSR count). The standard InChI is InChI=1S/C26H31N7O2S/c1-26(2,27)36(34,35)22-7-4-6-19(18-22)23-8-5-9-24-29-25(30-33(23)24)28-20-10-12-21(13-11-20)32-16-14-31(3)15-17-32/h4-13,18H,14-17,27H2,1-3H3,(H,28,30). The summed E-state index contributed by atoms with van der Waals surface area (Å²) in [6, 6.07) is 20.7. The van der Waals surface area contributed by atoms with Crippen LogP contribution in [-0.4, -0.2) is 66.0 Å². The van der Waals surface area contributed by atoms with E-state index in [4.69, 9.17) is 5.73 Å². The third kappa shape index (κ3) is 4.67. The average molecular weight is 506 g/mol. The monoisotopic (exact) mass is 505 g/mol. The van der Waals surface area contributed by atoms with Gasteiger partial charge in [0.2, 0.25) is 5.95 Å². The predicted octanol–water partition coefficient (Wildman–Crippen LogP) is 3.36. The van der Waals surface area contributed by atoms with E-state index in [1.165, 1.54) is 19.5 Å². The molecule has 0 amide bonds. The fourth-order valence-electron chi connectivity index (χ4n) is 4.25. The lowest BCUT2D eigenvalue weighted by molar-refractivity contribution is 0.313. The normalized spacial score (nSPS) is 15.4. The summed E-state index contributed by atoms with van der Waals surface area (Å²) < 4.78 is 27.5. The number of hydrogen-bond acceptors (Lipinski definition) is 8. The van der Waals surface area contributed by atoms with Gasteiger partial charge in [0.1, 0.15) is 4.87 Å². The number of sulfone groups is 1. The summed E-state index contributed by atoms with van der Waals surface area (Å²) in [5.74, 6) is 0.460. The number of rotatable bonds is 6. The van der Waals surface area contributed by atoms with E-state index >= 15 is 0 Å². The maximum atomic E-state index is 12.9. The van der Waals surface area contributed by atoms with Gasteiger partial charge in [0, 0.05) is 43.1 Å². The molecule has 9 nitrogen and oxygen atoms in total. The number of nitrogens with zero attached hydrogens (tertiary/aromatic N) is 5. The molecule has 3 heterocycles. The zero-order valence-electron chi connectivity index (χ0n) is 20.7. The van der Waals surface area contributed by atoms with Crippen LogP contribution >= 0.6 is 0 Å². The molecule has 2 aromatic carbocycles. The van der Waals surface area contributed by atoms with E-state index in [1.54, 1.807) is 22.7 Å². The highest BCUT2D eigenvalue weighted by Crippen LogP contribution is 2.28. The molecular formula is C26H31N7O2S. The number of nitrogens with one attached hydrogen (secondary N) is 1. The van der Waals surface area contributed by atoms with Gasteiger partial charge >= 0.3 is 0 Å². The van der Waals surface area contributed by atoms with E-state index < -0.39 is 14.7 Å². The number of benzene rings is 2. The number of pyridine rings is 1. The van der Waals surface area contributed by atoms with Gasteiger partial charge in [-0.25, -0.2) is 12.9 Å². The molecule has 10 heteroatoms. The molecule has 0 spiro atoms. The summed E-state index contributed by atoms with van der Waals surface area (Å²) in [4.78, 5) is 8.12. The molecule has 0 atom stereocenters.